The topological polar surface area (TPSA) is 90.3 Å². The number of benzene rings is 6. The highest BCUT2D eigenvalue weighted by molar-refractivity contribution is 8.13. The summed E-state index contributed by atoms with van der Waals surface area (Å²) in [7, 11) is -13.4. The van der Waals surface area contributed by atoms with E-state index in [0.717, 1.165) is 30.1 Å². The number of aryl methyl sites for hydroxylation is 1. The molecule has 344 valence electrons. The van der Waals surface area contributed by atoms with Gasteiger partial charge in [-0.3, -0.25) is 0 Å². The minimum Gasteiger partial charge on any atom is -0.421 e. The van der Waals surface area contributed by atoms with E-state index in [1.807, 2.05) is 23.5 Å². The second-order valence-electron chi connectivity index (χ2n) is 15.1. The zero-order valence-corrected chi connectivity index (χ0v) is 38.8. The molecule has 1 aliphatic rings. The van der Waals surface area contributed by atoms with Gasteiger partial charge >= 0.3 is 11.0 Å². The van der Waals surface area contributed by atoms with E-state index < -0.39 is 31.1 Å². The lowest BCUT2D eigenvalue weighted by Crippen LogP contribution is -2.30. The first-order chi connectivity index (χ1) is 31.5. The van der Waals surface area contributed by atoms with Crippen molar-refractivity contribution in [3.05, 3.63) is 161 Å². The van der Waals surface area contributed by atoms with Gasteiger partial charge in [-0.05, 0) is 66.4 Å². The number of hydrogen-bond donors (Lipinski definition) is 0. The van der Waals surface area contributed by atoms with Crippen molar-refractivity contribution < 1.29 is 47.8 Å². The van der Waals surface area contributed by atoms with Gasteiger partial charge in [-0.2, -0.15) is 30.9 Å². The van der Waals surface area contributed by atoms with E-state index in [4.69, 9.17) is 0 Å². The molecule has 0 saturated carbocycles. The van der Waals surface area contributed by atoms with E-state index in [-0.39, 0.29) is 0 Å². The molecule has 0 saturated heterocycles. The van der Waals surface area contributed by atoms with Gasteiger partial charge in [0.2, 0.25) is 11.4 Å². The molecule has 6 aromatic carbocycles. The molecule has 7 nitrogen and oxygen atoms in total. The molecule has 1 aromatic heterocycles. The molecule has 17 heteroatoms. The van der Waals surface area contributed by atoms with E-state index in [1.54, 1.807) is 0 Å². The van der Waals surface area contributed by atoms with Gasteiger partial charge in [0, 0.05) is 71.7 Å². The number of nitrogens with zero attached hydrogens (tertiary/aromatic N) is 3. The Kier molecular flexibility index (Phi) is 14.9. The molecular weight excluding hydrogens is 937 g/mol. The Labute approximate surface area is 387 Å². The van der Waals surface area contributed by atoms with Gasteiger partial charge in [-0.15, -0.1) is 0 Å². The van der Waals surface area contributed by atoms with Crippen LogP contribution < -0.4 is 5.35 Å². The van der Waals surface area contributed by atoms with Crippen LogP contribution in [0.25, 0.3) is 42.7 Å². The number of rotatable bonds is 15. The van der Waals surface area contributed by atoms with Crippen LogP contribution in [-0.2, 0) is 26.6 Å². The van der Waals surface area contributed by atoms with Crippen LogP contribution in [0.2, 0.25) is 0 Å². The zero-order valence-electron chi connectivity index (χ0n) is 35.6. The lowest BCUT2D eigenvalue weighted by Gasteiger charge is -2.22. The number of aromatic nitrogens is 1. The summed E-state index contributed by atoms with van der Waals surface area (Å²) in [4.78, 5) is 5.15. The average molecular weight is 980 g/mol. The Morgan fingerprint density at radius 1 is 0.606 bits per heavy atom. The Bertz CT molecular complexity index is 3220. The summed E-state index contributed by atoms with van der Waals surface area (Å²) in [6.45, 7) is 6.58. The minimum absolute atomic E-state index is 0.778. The molecule has 0 radical (unpaired) electrons. The van der Waals surface area contributed by atoms with Crippen LogP contribution in [-0.4, -0.2) is 49.3 Å². The molecule has 0 N–H and O–H groups in total. The first-order valence-electron chi connectivity index (χ1n) is 20.9. The molecule has 66 heavy (non-hydrogen) atoms. The van der Waals surface area contributed by atoms with Gasteiger partial charge in [0.25, 0.3) is 0 Å². The summed E-state index contributed by atoms with van der Waals surface area (Å²) in [5.74, 6) is 0. The molecular formula is C49H43F6N3O4S4. The summed E-state index contributed by atoms with van der Waals surface area (Å²) in [5, 5.41) is 8.01. The molecule has 0 amide bonds. The smallest absolute Gasteiger partial charge is 0.421 e. The van der Waals surface area contributed by atoms with Crippen molar-refractivity contribution in [2.45, 2.75) is 76.7 Å². The van der Waals surface area contributed by atoms with Crippen LogP contribution in [0.4, 0.5) is 32.0 Å². The summed E-state index contributed by atoms with van der Waals surface area (Å²) in [5.41, 5.74) is -7.15. The van der Waals surface area contributed by atoms with Gasteiger partial charge in [0.05, 0.1) is 10.9 Å². The first-order valence-corrected chi connectivity index (χ1v) is 25.4. The minimum atomic E-state index is -6.72. The Hall–Kier alpha value is -5.33. The number of sulfonamides is 2. The maximum atomic E-state index is 11.4. The summed E-state index contributed by atoms with van der Waals surface area (Å²) in [6, 6.07) is 44.3. The van der Waals surface area contributed by atoms with Crippen molar-refractivity contribution in [3.8, 4) is 0 Å². The lowest BCUT2D eigenvalue weighted by molar-refractivity contribution is -0.436. The van der Waals surface area contributed by atoms with Gasteiger partial charge in [-0.25, -0.2) is 16.8 Å². The van der Waals surface area contributed by atoms with Crippen molar-refractivity contribution >= 4 is 93.5 Å². The van der Waals surface area contributed by atoms with E-state index in [2.05, 4.69) is 175 Å². The van der Waals surface area contributed by atoms with Crippen LogP contribution in [0, 0.1) is 0 Å². The lowest BCUT2D eigenvalue weighted by atomic mass is 10.0. The summed E-state index contributed by atoms with van der Waals surface area (Å²) >= 11 is 3.70. The largest absolute Gasteiger partial charge is 0.480 e. The third-order valence-electron chi connectivity index (χ3n) is 10.6. The second-order valence-corrected chi connectivity index (χ2v) is 20.7. The molecule has 0 aliphatic carbocycles. The van der Waals surface area contributed by atoms with Gasteiger partial charge in [-0.1, -0.05) is 135 Å². The summed E-state index contributed by atoms with van der Waals surface area (Å²) in [6.07, 6.45) is 15.9. The van der Waals surface area contributed by atoms with E-state index in [9.17, 15) is 43.2 Å². The van der Waals surface area contributed by atoms with Crippen molar-refractivity contribution in [1.29, 1.82) is 0 Å². The molecule has 7 aromatic rings. The SMILES string of the molecule is CCCCn1\c(=C/C=C/C=C/C2=[N+](CCCC)c3ccc(Sc4ccccc4)c4cccc2c34)c2cccc3c(Sc4ccccc4)ccc1c32.O=S(=O)([N-]S(=O)(=O)C(F)(F)F)C(F)(F)F. The fraction of sp³-hybridized carbons (Fsp3) is 0.204. The highest BCUT2D eigenvalue weighted by atomic mass is 32.3. The Morgan fingerprint density at radius 3 is 1.73 bits per heavy atom. The van der Waals surface area contributed by atoms with Crippen molar-refractivity contribution in [2.24, 2.45) is 0 Å². The van der Waals surface area contributed by atoms with Crippen molar-refractivity contribution in [1.82, 2.24) is 4.57 Å². The number of unbranched alkanes of at least 4 members (excludes halogenated alkanes) is 2. The number of hydrogen-bond acceptors (Lipinski definition) is 6. The van der Waals surface area contributed by atoms with Crippen molar-refractivity contribution in [3.63, 3.8) is 0 Å². The zero-order chi connectivity index (χ0) is 47.3. The maximum absolute atomic E-state index is 11.4. The maximum Gasteiger partial charge on any atom is 0.480 e. The normalized spacial score (nSPS) is 13.8. The fourth-order valence-electron chi connectivity index (χ4n) is 7.60. The predicted molar refractivity (Wildman–Crippen MR) is 255 cm³/mol. The Balaban J connectivity index is 0.000000373. The first kappa shape index (κ1) is 48.6. The van der Waals surface area contributed by atoms with Crippen LogP contribution in [0.1, 0.15) is 45.1 Å². The molecule has 0 spiro atoms. The molecule has 0 bridgehead atoms. The highest BCUT2D eigenvalue weighted by Gasteiger charge is 2.47. The van der Waals surface area contributed by atoms with Gasteiger partial charge in [0.15, 0.2) is 20.0 Å². The van der Waals surface area contributed by atoms with Crippen LogP contribution >= 0.6 is 23.5 Å². The van der Waals surface area contributed by atoms with Gasteiger partial charge < -0.3 is 8.69 Å². The third kappa shape index (κ3) is 10.4. The average Bonchev–Trinajstić information content (AvgIpc) is 3.75. The molecule has 1 aliphatic heterocycles. The van der Waals surface area contributed by atoms with Gasteiger partial charge in [0.1, 0.15) is 6.54 Å². The highest BCUT2D eigenvalue weighted by Crippen LogP contribution is 2.43. The molecule has 0 atom stereocenters. The Morgan fingerprint density at radius 2 is 1.15 bits per heavy atom. The number of halogens is 6. The van der Waals surface area contributed by atoms with E-state index in [1.165, 1.54) is 87.2 Å². The standard InChI is InChI=1S/C47H43N2S2.C2F6NO4S2/c1-3-5-32-48-40(36-22-16-24-38-44(30-28-42(48)46(36)38)50-34-18-10-7-11-19-34)26-14-9-15-27-41-37-23-17-25-39-45(51-35-20-12-8-13-21-35)31-29-43(47(37)39)49(41)33-6-4-2;3-1(4,5)14(10,11)9-15(12,13)2(6,7)8/h7-31H,3-6,32-33H2,1-2H3;/q+1;-1. The number of alkyl halides is 6. The number of allylic oxidation sites excluding steroid dienone is 4. The predicted octanol–water partition coefficient (Wildman–Crippen LogP) is 13.7. The molecule has 2 heterocycles. The summed E-state index contributed by atoms with van der Waals surface area (Å²) < 4.78 is 114. The van der Waals surface area contributed by atoms with Crippen LogP contribution in [0.15, 0.2) is 165 Å². The second kappa shape index (κ2) is 20.3. The van der Waals surface area contributed by atoms with Crippen molar-refractivity contribution in [2.75, 3.05) is 6.54 Å². The molecule has 8 rings (SSSR count). The van der Waals surface area contributed by atoms with E-state index in [0.29, 0.717) is 0 Å². The van der Waals surface area contributed by atoms with Crippen LogP contribution in [0.5, 0.6) is 0 Å². The molecule has 0 fully saturated rings. The van der Waals surface area contributed by atoms with Crippen LogP contribution in [0.3, 0.4) is 0 Å². The van der Waals surface area contributed by atoms with E-state index >= 15 is 0 Å². The monoisotopic (exact) mass is 979 g/mol. The third-order valence-corrected chi connectivity index (χ3v) is 15.5. The fourth-order valence-corrected chi connectivity index (χ4v) is 11.2. The molecule has 0 unspecified atom stereocenters. The quantitative estimate of drug-likeness (QED) is 0.0577.